The summed E-state index contributed by atoms with van der Waals surface area (Å²) in [5.74, 6) is 0.775. The number of nitrogens with one attached hydrogen (secondary N) is 1. The zero-order valence-electron chi connectivity index (χ0n) is 18.0. The van der Waals surface area contributed by atoms with Gasteiger partial charge in [-0.2, -0.15) is 0 Å². The predicted molar refractivity (Wildman–Crippen MR) is 131 cm³/mol. The van der Waals surface area contributed by atoms with Gasteiger partial charge in [0.05, 0.1) is 24.5 Å². The summed E-state index contributed by atoms with van der Waals surface area (Å²) < 4.78 is 7.94. The molecule has 4 aromatic rings. The lowest BCUT2D eigenvalue weighted by atomic mass is 10.0. The fraction of sp³-hybridized carbons (Fsp3) is 0.154. The number of hydrogen-bond acceptors (Lipinski definition) is 3. The quantitative estimate of drug-likeness (QED) is 0.423. The van der Waals surface area contributed by atoms with E-state index in [1.807, 2.05) is 48.7 Å². The Balaban J connectivity index is 1.71. The number of aryl methyl sites for hydroxylation is 1. The Bertz CT molecular complexity index is 1250. The number of thiocarbonyl (C=S) groups is 1. The van der Waals surface area contributed by atoms with Crippen LogP contribution >= 0.6 is 12.2 Å². The van der Waals surface area contributed by atoms with E-state index in [0.717, 1.165) is 28.5 Å². The average Bonchev–Trinajstić information content (AvgIpc) is 3.44. The molecule has 32 heavy (non-hydrogen) atoms. The topological polar surface area (TPSA) is 42.3 Å². The molecular weight excluding hydrogens is 416 g/mol. The second kappa shape index (κ2) is 8.48. The van der Waals surface area contributed by atoms with Gasteiger partial charge in [-0.05, 0) is 67.2 Å². The number of pyridine rings is 1. The van der Waals surface area contributed by atoms with E-state index in [1.165, 1.54) is 5.56 Å². The standard InChI is InChI=1S/C26H24N4OS/c1-18-10-3-4-12-20(18)29-17-9-14-22(29)25-24(19-11-7-8-16-27-19)28-26(32)30(25)21-13-5-6-15-23(21)31-2/h3-17,24-25H,1-2H3,(H,28,32)/t24-,25+/m0/s1. The molecule has 1 N–H and O–H groups in total. The Labute approximate surface area is 193 Å². The number of hydrogen-bond donors (Lipinski definition) is 1. The van der Waals surface area contributed by atoms with Gasteiger partial charge in [0.25, 0.3) is 0 Å². The van der Waals surface area contributed by atoms with Crippen molar-refractivity contribution in [3.8, 4) is 11.4 Å². The molecule has 0 saturated carbocycles. The molecule has 1 fully saturated rings. The van der Waals surface area contributed by atoms with Crippen molar-refractivity contribution in [2.75, 3.05) is 12.0 Å². The smallest absolute Gasteiger partial charge is 0.174 e. The number of methoxy groups -OCH3 is 1. The van der Waals surface area contributed by atoms with E-state index in [9.17, 15) is 0 Å². The number of rotatable bonds is 5. The van der Waals surface area contributed by atoms with Crippen LogP contribution in [0.2, 0.25) is 0 Å². The minimum Gasteiger partial charge on any atom is -0.495 e. The van der Waals surface area contributed by atoms with Crippen molar-refractivity contribution in [1.29, 1.82) is 0 Å². The fourth-order valence-electron chi connectivity index (χ4n) is 4.43. The fourth-order valence-corrected chi connectivity index (χ4v) is 4.77. The Morgan fingerprint density at radius 3 is 2.41 bits per heavy atom. The third kappa shape index (κ3) is 3.42. The molecule has 5 nitrogen and oxygen atoms in total. The van der Waals surface area contributed by atoms with E-state index in [1.54, 1.807) is 7.11 Å². The minimum atomic E-state index is -0.122. The molecule has 1 aliphatic heterocycles. The number of ether oxygens (including phenoxy) is 1. The van der Waals surface area contributed by atoms with Crippen LogP contribution in [0.1, 0.15) is 29.0 Å². The Morgan fingerprint density at radius 2 is 1.66 bits per heavy atom. The van der Waals surface area contributed by atoms with Gasteiger partial charge in [0, 0.05) is 23.8 Å². The maximum absolute atomic E-state index is 5.87. The molecular formula is C26H24N4OS. The van der Waals surface area contributed by atoms with E-state index >= 15 is 0 Å². The molecule has 5 rings (SSSR count). The maximum Gasteiger partial charge on any atom is 0.174 e. The molecule has 2 aromatic heterocycles. The number of aromatic nitrogens is 2. The van der Waals surface area contributed by atoms with Gasteiger partial charge in [0.1, 0.15) is 11.8 Å². The highest BCUT2D eigenvalue weighted by Crippen LogP contribution is 2.44. The first kappa shape index (κ1) is 20.3. The van der Waals surface area contributed by atoms with Crippen molar-refractivity contribution in [1.82, 2.24) is 14.9 Å². The summed E-state index contributed by atoms with van der Waals surface area (Å²) in [5.41, 5.74) is 5.33. The van der Waals surface area contributed by atoms with Gasteiger partial charge in [-0.25, -0.2) is 0 Å². The third-order valence-electron chi connectivity index (χ3n) is 5.90. The Kier molecular flexibility index (Phi) is 5.37. The number of benzene rings is 2. The molecule has 3 heterocycles. The average molecular weight is 441 g/mol. The van der Waals surface area contributed by atoms with Crippen LogP contribution in [0.25, 0.3) is 5.69 Å². The molecule has 0 unspecified atom stereocenters. The summed E-state index contributed by atoms with van der Waals surface area (Å²) in [4.78, 5) is 6.81. The highest BCUT2D eigenvalue weighted by molar-refractivity contribution is 7.80. The van der Waals surface area contributed by atoms with E-state index in [-0.39, 0.29) is 12.1 Å². The number of para-hydroxylation sites is 3. The first-order valence-corrected chi connectivity index (χ1v) is 11.0. The number of nitrogens with zero attached hydrogens (tertiary/aromatic N) is 3. The van der Waals surface area contributed by atoms with E-state index < -0.39 is 0 Å². The van der Waals surface area contributed by atoms with Crippen LogP contribution in [-0.4, -0.2) is 21.8 Å². The lowest BCUT2D eigenvalue weighted by molar-refractivity contribution is 0.414. The van der Waals surface area contributed by atoms with Crippen LogP contribution in [-0.2, 0) is 0 Å². The van der Waals surface area contributed by atoms with Crippen LogP contribution in [0.5, 0.6) is 5.75 Å². The molecule has 0 aliphatic carbocycles. The van der Waals surface area contributed by atoms with Gasteiger partial charge in [-0.1, -0.05) is 36.4 Å². The SMILES string of the molecule is COc1ccccc1N1C(=S)N[C@@H](c2ccccn2)[C@H]1c1cccn1-c1ccccc1C. The molecule has 2 atom stereocenters. The van der Waals surface area contributed by atoms with Gasteiger partial charge in [-0.3, -0.25) is 4.98 Å². The normalized spacial score (nSPS) is 17.9. The van der Waals surface area contributed by atoms with E-state index in [4.69, 9.17) is 17.0 Å². The summed E-state index contributed by atoms with van der Waals surface area (Å²) in [6, 6.07) is 26.4. The molecule has 160 valence electrons. The molecule has 1 aliphatic rings. The summed E-state index contributed by atoms with van der Waals surface area (Å²) in [7, 11) is 1.69. The lowest BCUT2D eigenvalue weighted by Crippen LogP contribution is -2.30. The second-order valence-electron chi connectivity index (χ2n) is 7.76. The van der Waals surface area contributed by atoms with Crippen LogP contribution in [0.3, 0.4) is 0 Å². The maximum atomic E-state index is 5.87. The monoisotopic (exact) mass is 440 g/mol. The van der Waals surface area contributed by atoms with E-state index in [2.05, 4.69) is 69.3 Å². The van der Waals surface area contributed by atoms with Crippen molar-refractivity contribution in [2.24, 2.45) is 0 Å². The highest BCUT2D eigenvalue weighted by Gasteiger charge is 2.43. The first-order valence-electron chi connectivity index (χ1n) is 10.6. The van der Waals surface area contributed by atoms with Crippen molar-refractivity contribution >= 4 is 23.0 Å². The molecule has 0 amide bonds. The molecule has 0 bridgehead atoms. The van der Waals surface area contributed by atoms with Gasteiger partial charge in [0.15, 0.2) is 5.11 Å². The highest BCUT2D eigenvalue weighted by atomic mass is 32.1. The van der Waals surface area contributed by atoms with Crippen molar-refractivity contribution < 1.29 is 4.74 Å². The van der Waals surface area contributed by atoms with Crippen LogP contribution in [0.15, 0.2) is 91.3 Å². The Hall–Kier alpha value is -3.64. The zero-order chi connectivity index (χ0) is 22.1. The first-order chi connectivity index (χ1) is 15.7. The summed E-state index contributed by atoms with van der Waals surface area (Å²) in [6.45, 7) is 2.13. The van der Waals surface area contributed by atoms with Crippen LogP contribution in [0, 0.1) is 6.92 Å². The minimum absolute atomic E-state index is 0.119. The van der Waals surface area contributed by atoms with Gasteiger partial charge >= 0.3 is 0 Å². The molecule has 2 aromatic carbocycles. The molecule has 6 heteroatoms. The van der Waals surface area contributed by atoms with Gasteiger partial charge in [0.2, 0.25) is 0 Å². The third-order valence-corrected chi connectivity index (χ3v) is 6.22. The molecule has 0 spiro atoms. The van der Waals surface area contributed by atoms with E-state index in [0.29, 0.717) is 5.11 Å². The lowest BCUT2D eigenvalue weighted by Gasteiger charge is -2.30. The van der Waals surface area contributed by atoms with Crippen LogP contribution < -0.4 is 15.0 Å². The largest absolute Gasteiger partial charge is 0.495 e. The molecule has 0 radical (unpaired) electrons. The van der Waals surface area contributed by atoms with Gasteiger partial charge in [-0.15, -0.1) is 0 Å². The van der Waals surface area contributed by atoms with Crippen molar-refractivity contribution in [2.45, 2.75) is 19.0 Å². The summed E-state index contributed by atoms with van der Waals surface area (Å²) in [5, 5.41) is 4.17. The second-order valence-corrected chi connectivity index (χ2v) is 8.14. The van der Waals surface area contributed by atoms with Crippen LogP contribution in [0.4, 0.5) is 5.69 Å². The summed E-state index contributed by atoms with van der Waals surface area (Å²) >= 11 is 5.87. The Morgan fingerprint density at radius 1 is 0.906 bits per heavy atom. The van der Waals surface area contributed by atoms with Crippen molar-refractivity contribution in [3.63, 3.8) is 0 Å². The predicted octanol–water partition coefficient (Wildman–Crippen LogP) is 5.37. The molecule has 1 saturated heterocycles. The number of anilines is 1. The summed E-state index contributed by atoms with van der Waals surface area (Å²) in [6.07, 6.45) is 3.93. The van der Waals surface area contributed by atoms with Crippen molar-refractivity contribution in [3.05, 3.63) is 108 Å². The zero-order valence-corrected chi connectivity index (χ0v) is 18.8. The van der Waals surface area contributed by atoms with Gasteiger partial charge < -0.3 is 19.5 Å².